The predicted octanol–water partition coefficient (Wildman–Crippen LogP) is 4.83. The van der Waals surface area contributed by atoms with Gasteiger partial charge in [-0.05, 0) is 66.8 Å². The fourth-order valence-electron chi connectivity index (χ4n) is 3.83. The Morgan fingerprint density at radius 3 is 2.39 bits per heavy atom. The van der Waals surface area contributed by atoms with Gasteiger partial charge in [0, 0.05) is 24.2 Å². The maximum absolute atomic E-state index is 13.8. The molecule has 0 aliphatic rings. The third-order valence-corrected chi connectivity index (χ3v) is 5.97. The largest absolute Gasteiger partial charge is 0.481 e. The summed E-state index contributed by atoms with van der Waals surface area (Å²) in [5, 5.41) is 17.4. The zero-order chi connectivity index (χ0) is 26.1. The molecule has 0 aliphatic carbocycles. The highest BCUT2D eigenvalue weighted by Gasteiger charge is 2.25. The van der Waals surface area contributed by atoms with E-state index in [1.165, 1.54) is 17.7 Å². The first-order chi connectivity index (χ1) is 17.2. The fraction of sp³-hybridized carbons (Fsp3) is 0.321. The van der Waals surface area contributed by atoms with Gasteiger partial charge in [-0.2, -0.15) is 0 Å². The Bertz CT molecular complexity index is 1140. The summed E-state index contributed by atoms with van der Waals surface area (Å²) in [6.45, 7) is 4.33. The number of halogens is 3. The topological polar surface area (TPSA) is 70.6 Å². The highest BCUT2D eigenvalue weighted by Crippen LogP contribution is 2.19. The highest BCUT2D eigenvalue weighted by molar-refractivity contribution is 6.30. The van der Waals surface area contributed by atoms with E-state index in [-0.39, 0.29) is 13.0 Å². The molecular formula is C28H31ClF2N2O3. The van der Waals surface area contributed by atoms with Crippen molar-refractivity contribution in [3.8, 4) is 5.75 Å². The number of carbonyl (C=O) groups excluding carboxylic acids is 1. The Morgan fingerprint density at radius 1 is 1.00 bits per heavy atom. The molecule has 3 atom stereocenters. The Balaban J connectivity index is 1.67. The van der Waals surface area contributed by atoms with Crippen LogP contribution in [-0.4, -0.2) is 35.8 Å². The lowest BCUT2D eigenvalue weighted by Crippen LogP contribution is -2.51. The van der Waals surface area contributed by atoms with Crippen molar-refractivity contribution in [2.45, 2.75) is 51.5 Å². The van der Waals surface area contributed by atoms with E-state index < -0.39 is 35.8 Å². The number of aliphatic hydroxyl groups excluding tert-OH is 1. The van der Waals surface area contributed by atoms with Crippen molar-refractivity contribution < 1.29 is 23.4 Å². The number of ether oxygens (including phenoxy) is 1. The highest BCUT2D eigenvalue weighted by atomic mass is 35.5. The SMILES string of the molecule is CCc1cccc(CNC[C@H](O)C(Cc2cc(F)cc(F)c2)NC(=O)C(C)Oc2cccc(Cl)c2)c1. The lowest BCUT2D eigenvalue weighted by molar-refractivity contribution is -0.128. The number of hydrogen-bond acceptors (Lipinski definition) is 4. The number of benzene rings is 3. The number of rotatable bonds is 12. The Morgan fingerprint density at radius 2 is 1.69 bits per heavy atom. The first-order valence-corrected chi connectivity index (χ1v) is 12.3. The molecule has 5 nitrogen and oxygen atoms in total. The van der Waals surface area contributed by atoms with E-state index in [0.29, 0.717) is 22.9 Å². The summed E-state index contributed by atoms with van der Waals surface area (Å²) >= 11 is 5.98. The minimum Gasteiger partial charge on any atom is -0.481 e. The zero-order valence-corrected chi connectivity index (χ0v) is 21.1. The molecule has 2 unspecified atom stereocenters. The number of aliphatic hydroxyl groups is 1. The van der Waals surface area contributed by atoms with Gasteiger partial charge < -0.3 is 20.5 Å². The van der Waals surface area contributed by atoms with Gasteiger partial charge in [0.2, 0.25) is 0 Å². The molecule has 0 saturated heterocycles. The molecular weight excluding hydrogens is 486 g/mol. The first kappa shape index (κ1) is 27.6. The van der Waals surface area contributed by atoms with Crippen LogP contribution in [0.4, 0.5) is 8.78 Å². The van der Waals surface area contributed by atoms with E-state index in [0.717, 1.165) is 18.1 Å². The quantitative estimate of drug-likeness (QED) is 0.322. The van der Waals surface area contributed by atoms with Crippen LogP contribution in [0.2, 0.25) is 5.02 Å². The van der Waals surface area contributed by atoms with Crippen LogP contribution < -0.4 is 15.4 Å². The van der Waals surface area contributed by atoms with E-state index in [4.69, 9.17) is 16.3 Å². The van der Waals surface area contributed by atoms with Crippen LogP contribution in [0.3, 0.4) is 0 Å². The van der Waals surface area contributed by atoms with Gasteiger partial charge in [0.1, 0.15) is 17.4 Å². The maximum Gasteiger partial charge on any atom is 0.261 e. The van der Waals surface area contributed by atoms with Crippen molar-refractivity contribution in [3.05, 3.63) is 100 Å². The second kappa shape index (κ2) is 13.3. The molecule has 0 radical (unpaired) electrons. The smallest absolute Gasteiger partial charge is 0.261 e. The van der Waals surface area contributed by atoms with Crippen molar-refractivity contribution in [1.82, 2.24) is 10.6 Å². The minimum absolute atomic E-state index is 0.0263. The molecule has 3 aromatic rings. The van der Waals surface area contributed by atoms with E-state index in [2.05, 4.69) is 29.7 Å². The number of hydrogen-bond donors (Lipinski definition) is 3. The number of aryl methyl sites for hydroxylation is 1. The molecule has 0 aliphatic heterocycles. The predicted molar refractivity (Wildman–Crippen MR) is 137 cm³/mol. The molecule has 1 amide bonds. The van der Waals surface area contributed by atoms with E-state index >= 15 is 0 Å². The Hall–Kier alpha value is -3.00. The van der Waals surface area contributed by atoms with Gasteiger partial charge in [0.25, 0.3) is 5.91 Å². The maximum atomic E-state index is 13.8. The second-order valence-corrected chi connectivity index (χ2v) is 9.12. The Labute approximate surface area is 215 Å². The average molecular weight is 517 g/mol. The summed E-state index contributed by atoms with van der Waals surface area (Å²) in [6.07, 6.45) is -0.983. The summed E-state index contributed by atoms with van der Waals surface area (Å²) in [4.78, 5) is 12.9. The standard InChI is InChI=1S/C28H31ClF2N2O3/c1-3-19-6-4-7-20(10-19)16-32-17-27(34)26(13-21-11-23(30)15-24(31)12-21)33-28(35)18(2)36-25-9-5-8-22(29)14-25/h4-12,14-15,18,26-27,32,34H,3,13,16-17H2,1-2H3,(H,33,35)/t18?,26?,27-/m0/s1. The molecule has 8 heteroatoms. The van der Waals surface area contributed by atoms with Crippen LogP contribution in [0.1, 0.15) is 30.5 Å². The van der Waals surface area contributed by atoms with Gasteiger partial charge in [-0.3, -0.25) is 4.79 Å². The third kappa shape index (κ3) is 8.59. The molecule has 3 aromatic carbocycles. The van der Waals surface area contributed by atoms with Gasteiger partial charge >= 0.3 is 0 Å². The van der Waals surface area contributed by atoms with Crippen LogP contribution in [0.25, 0.3) is 0 Å². The number of amides is 1. The molecule has 192 valence electrons. The minimum atomic E-state index is -1.03. The van der Waals surface area contributed by atoms with E-state index in [9.17, 15) is 18.7 Å². The van der Waals surface area contributed by atoms with Gasteiger partial charge in [-0.15, -0.1) is 0 Å². The normalized spacial score (nSPS) is 13.6. The van der Waals surface area contributed by atoms with Crippen molar-refractivity contribution >= 4 is 17.5 Å². The van der Waals surface area contributed by atoms with Crippen LogP contribution >= 0.6 is 11.6 Å². The fourth-order valence-corrected chi connectivity index (χ4v) is 4.01. The molecule has 36 heavy (non-hydrogen) atoms. The van der Waals surface area contributed by atoms with Crippen molar-refractivity contribution in [1.29, 1.82) is 0 Å². The zero-order valence-electron chi connectivity index (χ0n) is 20.3. The third-order valence-electron chi connectivity index (χ3n) is 5.73. The molecule has 0 saturated carbocycles. The molecule has 0 fully saturated rings. The van der Waals surface area contributed by atoms with Crippen LogP contribution in [0.5, 0.6) is 5.75 Å². The summed E-state index contributed by atoms with van der Waals surface area (Å²) < 4.78 is 33.2. The summed E-state index contributed by atoms with van der Waals surface area (Å²) in [7, 11) is 0. The molecule has 0 heterocycles. The molecule has 3 rings (SSSR count). The summed E-state index contributed by atoms with van der Waals surface area (Å²) in [6, 6.07) is 17.1. The van der Waals surface area contributed by atoms with Crippen LogP contribution in [0, 0.1) is 11.6 Å². The molecule has 0 spiro atoms. The lowest BCUT2D eigenvalue weighted by atomic mass is 10.00. The Kier molecular flexibility index (Phi) is 10.2. The summed E-state index contributed by atoms with van der Waals surface area (Å²) in [5.74, 6) is -1.51. The van der Waals surface area contributed by atoms with Gasteiger partial charge in [0.15, 0.2) is 6.10 Å². The van der Waals surface area contributed by atoms with Crippen LogP contribution in [0.15, 0.2) is 66.7 Å². The van der Waals surface area contributed by atoms with Gasteiger partial charge in [-0.1, -0.05) is 48.9 Å². The average Bonchev–Trinajstić information content (AvgIpc) is 2.83. The van der Waals surface area contributed by atoms with Crippen molar-refractivity contribution in [2.75, 3.05) is 6.54 Å². The van der Waals surface area contributed by atoms with Crippen molar-refractivity contribution in [3.63, 3.8) is 0 Å². The monoisotopic (exact) mass is 516 g/mol. The molecule has 0 bridgehead atoms. The number of carbonyl (C=O) groups is 1. The molecule has 3 N–H and O–H groups in total. The lowest BCUT2D eigenvalue weighted by Gasteiger charge is -2.26. The first-order valence-electron chi connectivity index (χ1n) is 11.9. The number of nitrogens with one attached hydrogen (secondary N) is 2. The molecule has 0 aromatic heterocycles. The van der Waals surface area contributed by atoms with E-state index in [1.54, 1.807) is 31.2 Å². The van der Waals surface area contributed by atoms with Gasteiger partial charge in [-0.25, -0.2) is 8.78 Å². The van der Waals surface area contributed by atoms with E-state index in [1.807, 2.05) is 12.1 Å². The van der Waals surface area contributed by atoms with Crippen molar-refractivity contribution in [2.24, 2.45) is 0 Å². The van der Waals surface area contributed by atoms with Crippen LogP contribution in [-0.2, 0) is 24.2 Å². The van der Waals surface area contributed by atoms with Gasteiger partial charge in [0.05, 0.1) is 12.1 Å². The summed E-state index contributed by atoms with van der Waals surface area (Å²) in [5.41, 5.74) is 2.59. The second-order valence-electron chi connectivity index (χ2n) is 8.69.